The SMILES string of the molecule is COC(=O)C(=C[C@@H]1CCCO1)NC(=O)OCc1ccccc1. The first-order valence-electron chi connectivity index (χ1n) is 7.08. The van der Waals surface area contributed by atoms with E-state index in [1.165, 1.54) is 7.11 Å². The van der Waals surface area contributed by atoms with Gasteiger partial charge in [-0.3, -0.25) is 5.32 Å². The molecule has 1 fully saturated rings. The Hall–Kier alpha value is -2.34. The minimum Gasteiger partial charge on any atom is -0.464 e. The number of nitrogens with one attached hydrogen (secondary N) is 1. The van der Waals surface area contributed by atoms with Gasteiger partial charge in [-0.05, 0) is 24.5 Å². The molecule has 1 aromatic rings. The Morgan fingerprint density at radius 1 is 1.36 bits per heavy atom. The van der Waals surface area contributed by atoms with Crippen molar-refractivity contribution >= 4 is 12.1 Å². The van der Waals surface area contributed by atoms with Crippen molar-refractivity contribution in [3.63, 3.8) is 0 Å². The van der Waals surface area contributed by atoms with Crippen LogP contribution in [-0.2, 0) is 25.6 Å². The molecule has 1 aliphatic rings. The normalized spacial score (nSPS) is 17.9. The maximum atomic E-state index is 11.8. The highest BCUT2D eigenvalue weighted by Crippen LogP contribution is 2.14. The lowest BCUT2D eigenvalue weighted by molar-refractivity contribution is -0.136. The van der Waals surface area contributed by atoms with Crippen molar-refractivity contribution in [3.8, 4) is 0 Å². The standard InChI is InChI=1S/C16H19NO5/c1-20-15(18)14(10-13-8-5-9-21-13)17-16(19)22-11-12-6-3-2-4-7-12/h2-4,6-7,10,13H,5,8-9,11H2,1H3,(H,17,19)/t13-/m0/s1. The largest absolute Gasteiger partial charge is 0.464 e. The number of methoxy groups -OCH3 is 1. The lowest BCUT2D eigenvalue weighted by Crippen LogP contribution is -2.29. The zero-order chi connectivity index (χ0) is 15.8. The first-order chi connectivity index (χ1) is 10.7. The van der Waals surface area contributed by atoms with E-state index in [1.54, 1.807) is 6.08 Å². The van der Waals surface area contributed by atoms with E-state index in [4.69, 9.17) is 9.47 Å². The molecule has 2 rings (SSSR count). The van der Waals surface area contributed by atoms with Crippen LogP contribution in [0.5, 0.6) is 0 Å². The first-order valence-corrected chi connectivity index (χ1v) is 7.08. The number of alkyl carbamates (subject to hydrolysis) is 1. The Labute approximate surface area is 129 Å². The molecule has 0 saturated carbocycles. The van der Waals surface area contributed by atoms with E-state index in [0.29, 0.717) is 6.61 Å². The van der Waals surface area contributed by atoms with Crippen LogP contribution < -0.4 is 5.32 Å². The molecular formula is C16H19NO5. The summed E-state index contributed by atoms with van der Waals surface area (Å²) < 4.78 is 15.1. The minimum absolute atomic E-state index is 0.0347. The van der Waals surface area contributed by atoms with E-state index in [1.807, 2.05) is 30.3 Å². The number of ether oxygens (including phenoxy) is 3. The van der Waals surface area contributed by atoms with Crippen LogP contribution in [0.15, 0.2) is 42.1 Å². The number of benzene rings is 1. The maximum absolute atomic E-state index is 11.8. The smallest absolute Gasteiger partial charge is 0.412 e. The second-order valence-corrected chi connectivity index (χ2v) is 4.81. The Morgan fingerprint density at radius 3 is 2.77 bits per heavy atom. The molecule has 6 nitrogen and oxygen atoms in total. The summed E-state index contributed by atoms with van der Waals surface area (Å²) in [5.41, 5.74) is 0.896. The van der Waals surface area contributed by atoms with E-state index in [-0.39, 0.29) is 18.4 Å². The van der Waals surface area contributed by atoms with Crippen molar-refractivity contribution < 1.29 is 23.8 Å². The van der Waals surface area contributed by atoms with Gasteiger partial charge in [0.15, 0.2) is 0 Å². The van der Waals surface area contributed by atoms with Crippen LogP contribution in [0.3, 0.4) is 0 Å². The molecule has 1 saturated heterocycles. The summed E-state index contributed by atoms with van der Waals surface area (Å²) in [6.45, 7) is 0.773. The summed E-state index contributed by atoms with van der Waals surface area (Å²) in [5, 5.41) is 2.41. The Bertz CT molecular complexity index is 535. The molecule has 118 valence electrons. The number of carbonyl (C=O) groups is 2. The van der Waals surface area contributed by atoms with Gasteiger partial charge in [-0.2, -0.15) is 0 Å². The molecule has 0 spiro atoms. The second kappa shape index (κ2) is 8.19. The van der Waals surface area contributed by atoms with Crippen LogP contribution in [0.1, 0.15) is 18.4 Å². The van der Waals surface area contributed by atoms with Gasteiger partial charge in [-0.25, -0.2) is 9.59 Å². The lowest BCUT2D eigenvalue weighted by Gasteiger charge is -2.11. The molecule has 1 aromatic carbocycles. The van der Waals surface area contributed by atoms with Crippen molar-refractivity contribution in [2.45, 2.75) is 25.6 Å². The van der Waals surface area contributed by atoms with Crippen LogP contribution in [-0.4, -0.2) is 31.9 Å². The highest BCUT2D eigenvalue weighted by molar-refractivity contribution is 5.92. The number of hydrogen-bond acceptors (Lipinski definition) is 5. The van der Waals surface area contributed by atoms with Gasteiger partial charge in [-0.15, -0.1) is 0 Å². The summed E-state index contributed by atoms with van der Waals surface area (Å²) >= 11 is 0. The van der Waals surface area contributed by atoms with Crippen molar-refractivity contribution in [2.24, 2.45) is 0 Å². The summed E-state index contributed by atoms with van der Waals surface area (Å²) in [4.78, 5) is 23.5. The number of hydrogen-bond donors (Lipinski definition) is 1. The predicted octanol–water partition coefficient (Wildman–Crippen LogP) is 2.15. The zero-order valence-electron chi connectivity index (χ0n) is 12.4. The third kappa shape index (κ3) is 4.89. The van der Waals surface area contributed by atoms with Gasteiger partial charge >= 0.3 is 12.1 Å². The molecule has 0 unspecified atom stereocenters. The van der Waals surface area contributed by atoms with Crippen molar-refractivity contribution in [1.82, 2.24) is 5.32 Å². The van der Waals surface area contributed by atoms with E-state index in [9.17, 15) is 9.59 Å². The fourth-order valence-corrected chi connectivity index (χ4v) is 2.06. The number of esters is 1. The molecule has 22 heavy (non-hydrogen) atoms. The highest BCUT2D eigenvalue weighted by Gasteiger charge is 2.20. The molecule has 6 heteroatoms. The van der Waals surface area contributed by atoms with Crippen LogP contribution in [0.2, 0.25) is 0 Å². The molecule has 1 N–H and O–H groups in total. The van der Waals surface area contributed by atoms with Crippen molar-refractivity contribution in [1.29, 1.82) is 0 Å². The van der Waals surface area contributed by atoms with Crippen LogP contribution in [0, 0.1) is 0 Å². The fourth-order valence-electron chi connectivity index (χ4n) is 2.06. The lowest BCUT2D eigenvalue weighted by atomic mass is 10.2. The van der Waals surface area contributed by atoms with E-state index in [2.05, 4.69) is 10.1 Å². The summed E-state index contributed by atoms with van der Waals surface area (Å²) in [6, 6.07) is 9.28. The monoisotopic (exact) mass is 305 g/mol. The Kier molecular flexibility index (Phi) is 5.97. The van der Waals surface area contributed by atoms with Gasteiger partial charge in [0.25, 0.3) is 0 Å². The summed E-state index contributed by atoms with van der Waals surface area (Å²) in [6.07, 6.45) is 2.39. The van der Waals surface area contributed by atoms with Crippen molar-refractivity contribution in [2.75, 3.05) is 13.7 Å². The molecule has 1 amide bonds. The average molecular weight is 305 g/mol. The quantitative estimate of drug-likeness (QED) is 0.666. The average Bonchev–Trinajstić information content (AvgIpc) is 3.05. The minimum atomic E-state index is -0.710. The number of carbonyl (C=O) groups excluding carboxylic acids is 2. The molecule has 1 aliphatic heterocycles. The second-order valence-electron chi connectivity index (χ2n) is 4.81. The number of rotatable bonds is 5. The predicted molar refractivity (Wildman–Crippen MR) is 78.8 cm³/mol. The Morgan fingerprint density at radius 2 is 2.14 bits per heavy atom. The van der Waals surface area contributed by atoms with Gasteiger partial charge in [0.2, 0.25) is 0 Å². The molecule has 0 bridgehead atoms. The van der Waals surface area contributed by atoms with Gasteiger partial charge in [0.05, 0.1) is 13.2 Å². The highest BCUT2D eigenvalue weighted by atomic mass is 16.6. The maximum Gasteiger partial charge on any atom is 0.412 e. The summed E-state index contributed by atoms with van der Waals surface area (Å²) in [7, 11) is 1.25. The van der Waals surface area contributed by atoms with Crippen LogP contribution >= 0.6 is 0 Å². The molecule has 1 heterocycles. The van der Waals surface area contributed by atoms with E-state index >= 15 is 0 Å². The number of amides is 1. The van der Waals surface area contributed by atoms with Gasteiger partial charge < -0.3 is 14.2 Å². The van der Waals surface area contributed by atoms with Gasteiger partial charge in [0, 0.05) is 6.61 Å². The van der Waals surface area contributed by atoms with Crippen LogP contribution in [0.4, 0.5) is 4.79 Å². The third-order valence-electron chi connectivity index (χ3n) is 3.17. The fraction of sp³-hybridized carbons (Fsp3) is 0.375. The van der Waals surface area contributed by atoms with E-state index in [0.717, 1.165) is 18.4 Å². The zero-order valence-corrected chi connectivity index (χ0v) is 12.4. The van der Waals surface area contributed by atoms with Crippen molar-refractivity contribution in [3.05, 3.63) is 47.7 Å². The van der Waals surface area contributed by atoms with Gasteiger partial charge in [-0.1, -0.05) is 30.3 Å². The first kappa shape index (κ1) is 16.0. The molecule has 1 atom stereocenters. The Balaban J connectivity index is 1.91. The molecule has 0 aliphatic carbocycles. The summed E-state index contributed by atoms with van der Waals surface area (Å²) in [5.74, 6) is -0.632. The molecule has 0 radical (unpaired) electrons. The van der Waals surface area contributed by atoms with Crippen LogP contribution in [0.25, 0.3) is 0 Å². The van der Waals surface area contributed by atoms with Gasteiger partial charge in [0.1, 0.15) is 12.3 Å². The molecular weight excluding hydrogens is 286 g/mol. The topological polar surface area (TPSA) is 73.9 Å². The molecule has 0 aromatic heterocycles. The third-order valence-corrected chi connectivity index (χ3v) is 3.17. The van der Waals surface area contributed by atoms with E-state index < -0.39 is 12.1 Å².